The highest BCUT2D eigenvalue weighted by molar-refractivity contribution is 5.83. The van der Waals surface area contributed by atoms with Crippen LogP contribution in [0, 0.1) is 16.0 Å². The van der Waals surface area contributed by atoms with E-state index in [1.165, 1.54) is 17.1 Å². The summed E-state index contributed by atoms with van der Waals surface area (Å²) in [6.45, 7) is 5.82. The van der Waals surface area contributed by atoms with Gasteiger partial charge in [0, 0.05) is 13.1 Å². The maximum absolute atomic E-state index is 12.8. The van der Waals surface area contributed by atoms with Crippen LogP contribution in [0.1, 0.15) is 26.7 Å². The Morgan fingerprint density at radius 1 is 1.59 bits per heavy atom. The van der Waals surface area contributed by atoms with Crippen LogP contribution in [0.5, 0.6) is 0 Å². The number of amides is 1. The summed E-state index contributed by atoms with van der Waals surface area (Å²) in [5, 5.41) is 17.9. The van der Waals surface area contributed by atoms with Crippen molar-refractivity contribution in [2.45, 2.75) is 32.2 Å². The number of carbonyl (C=O) groups is 1. The molecule has 122 valence electrons. The highest BCUT2D eigenvalue weighted by Gasteiger charge is 2.37. The minimum atomic E-state index is -0.935. The smallest absolute Gasteiger partial charge is 0.307 e. The lowest BCUT2D eigenvalue weighted by atomic mass is 9.95. The van der Waals surface area contributed by atoms with Crippen LogP contribution in [-0.2, 0) is 10.3 Å². The first-order valence-electron chi connectivity index (χ1n) is 7.49. The summed E-state index contributed by atoms with van der Waals surface area (Å²) < 4.78 is 1.38. The molecule has 1 fully saturated rings. The third-order valence-corrected chi connectivity index (χ3v) is 4.17. The van der Waals surface area contributed by atoms with Crippen molar-refractivity contribution in [3.05, 3.63) is 22.5 Å². The standard InChI is InChI=1S/C14H23N5O3/c1-14(2,18-10-12(8-16-18)19(21)22)13(20)17-6-4-5-11(9-17)7-15-3/h8,10-11,15H,4-7,9H2,1-3H3. The fraction of sp³-hybridized carbons (Fsp3) is 0.714. The molecule has 1 aliphatic rings. The van der Waals surface area contributed by atoms with E-state index in [4.69, 9.17) is 0 Å². The largest absolute Gasteiger partial charge is 0.340 e. The molecule has 1 unspecified atom stereocenters. The number of hydrogen-bond acceptors (Lipinski definition) is 5. The monoisotopic (exact) mass is 309 g/mol. The number of carbonyl (C=O) groups excluding carboxylic acids is 1. The minimum Gasteiger partial charge on any atom is -0.340 e. The van der Waals surface area contributed by atoms with Gasteiger partial charge in [0.2, 0.25) is 5.91 Å². The van der Waals surface area contributed by atoms with E-state index in [-0.39, 0.29) is 11.6 Å². The molecule has 0 spiro atoms. The minimum absolute atomic E-state index is 0.0497. The van der Waals surface area contributed by atoms with E-state index in [9.17, 15) is 14.9 Å². The Morgan fingerprint density at radius 3 is 2.91 bits per heavy atom. The zero-order valence-corrected chi connectivity index (χ0v) is 13.3. The first kappa shape index (κ1) is 16.4. The quantitative estimate of drug-likeness (QED) is 0.646. The third-order valence-electron chi connectivity index (χ3n) is 4.17. The van der Waals surface area contributed by atoms with Gasteiger partial charge in [-0.05, 0) is 46.2 Å². The van der Waals surface area contributed by atoms with Crippen LogP contribution in [0.4, 0.5) is 5.69 Å². The van der Waals surface area contributed by atoms with Gasteiger partial charge in [-0.2, -0.15) is 5.10 Å². The predicted molar refractivity (Wildman–Crippen MR) is 81.4 cm³/mol. The first-order valence-corrected chi connectivity index (χ1v) is 7.49. The number of nitrogens with zero attached hydrogens (tertiary/aromatic N) is 4. The van der Waals surface area contributed by atoms with Crippen molar-refractivity contribution >= 4 is 11.6 Å². The molecule has 1 amide bonds. The van der Waals surface area contributed by atoms with Gasteiger partial charge in [0.1, 0.15) is 17.9 Å². The molecule has 0 saturated carbocycles. The van der Waals surface area contributed by atoms with Gasteiger partial charge in [-0.1, -0.05) is 0 Å². The molecule has 2 heterocycles. The highest BCUT2D eigenvalue weighted by Crippen LogP contribution is 2.24. The molecule has 2 rings (SSSR count). The van der Waals surface area contributed by atoms with Crippen molar-refractivity contribution in [1.29, 1.82) is 0 Å². The van der Waals surface area contributed by atoms with Crippen LogP contribution in [0.25, 0.3) is 0 Å². The van der Waals surface area contributed by atoms with Crippen molar-refractivity contribution in [1.82, 2.24) is 20.0 Å². The van der Waals surface area contributed by atoms with E-state index < -0.39 is 10.5 Å². The van der Waals surface area contributed by atoms with E-state index in [2.05, 4.69) is 10.4 Å². The Balaban J connectivity index is 2.13. The molecular formula is C14H23N5O3. The maximum Gasteiger partial charge on any atom is 0.307 e. The summed E-state index contributed by atoms with van der Waals surface area (Å²) in [6, 6.07) is 0. The molecular weight excluding hydrogens is 286 g/mol. The lowest BCUT2D eigenvalue weighted by Crippen LogP contribution is -2.51. The van der Waals surface area contributed by atoms with Gasteiger partial charge in [0.25, 0.3) is 0 Å². The molecule has 1 N–H and O–H groups in total. The first-order chi connectivity index (χ1) is 10.4. The van der Waals surface area contributed by atoms with Gasteiger partial charge in [0.15, 0.2) is 0 Å². The van der Waals surface area contributed by atoms with Gasteiger partial charge in [-0.25, -0.2) is 0 Å². The van der Waals surface area contributed by atoms with E-state index >= 15 is 0 Å². The number of nitro groups is 1. The molecule has 1 atom stereocenters. The van der Waals surface area contributed by atoms with Crippen LogP contribution < -0.4 is 5.32 Å². The fourth-order valence-electron chi connectivity index (χ4n) is 2.90. The molecule has 22 heavy (non-hydrogen) atoms. The molecule has 0 radical (unpaired) electrons. The number of hydrogen-bond donors (Lipinski definition) is 1. The van der Waals surface area contributed by atoms with Gasteiger partial charge in [-0.3, -0.25) is 19.6 Å². The number of aromatic nitrogens is 2. The Kier molecular flexibility index (Phi) is 4.80. The van der Waals surface area contributed by atoms with Crippen LogP contribution >= 0.6 is 0 Å². The van der Waals surface area contributed by atoms with Crippen molar-refractivity contribution in [3.8, 4) is 0 Å². The summed E-state index contributed by atoms with van der Waals surface area (Å²) in [6.07, 6.45) is 4.58. The second-order valence-corrected chi connectivity index (χ2v) is 6.28. The average molecular weight is 309 g/mol. The molecule has 0 bridgehead atoms. The summed E-state index contributed by atoms with van der Waals surface area (Å²) in [5.74, 6) is 0.400. The van der Waals surface area contributed by atoms with Crippen LogP contribution in [0.15, 0.2) is 12.4 Å². The summed E-state index contributed by atoms with van der Waals surface area (Å²) in [7, 11) is 1.91. The summed E-state index contributed by atoms with van der Waals surface area (Å²) >= 11 is 0. The van der Waals surface area contributed by atoms with Crippen molar-refractivity contribution in [2.75, 3.05) is 26.7 Å². The highest BCUT2D eigenvalue weighted by atomic mass is 16.6. The summed E-state index contributed by atoms with van der Waals surface area (Å²) in [4.78, 5) is 24.9. The normalized spacial score (nSPS) is 19.2. The summed E-state index contributed by atoms with van der Waals surface area (Å²) in [5.41, 5.74) is -1.04. The molecule has 0 aromatic carbocycles. The topological polar surface area (TPSA) is 93.3 Å². The van der Waals surface area contributed by atoms with Crippen LogP contribution in [0.3, 0.4) is 0 Å². The Morgan fingerprint density at radius 2 is 2.32 bits per heavy atom. The Labute approximate surface area is 129 Å². The Hall–Kier alpha value is -1.96. The second-order valence-electron chi connectivity index (χ2n) is 6.28. The second kappa shape index (κ2) is 6.43. The number of rotatable bonds is 5. The molecule has 1 aromatic heterocycles. The lowest BCUT2D eigenvalue weighted by molar-refractivity contribution is -0.385. The number of nitrogens with one attached hydrogen (secondary N) is 1. The zero-order valence-electron chi connectivity index (χ0n) is 13.3. The van der Waals surface area contributed by atoms with E-state index in [0.29, 0.717) is 12.5 Å². The SMILES string of the molecule is CNCC1CCCN(C(=O)C(C)(C)n2cc([N+](=O)[O-])cn2)C1. The lowest BCUT2D eigenvalue weighted by Gasteiger charge is -2.37. The van der Waals surface area contributed by atoms with E-state index in [1.54, 1.807) is 13.8 Å². The fourth-order valence-corrected chi connectivity index (χ4v) is 2.90. The van der Waals surface area contributed by atoms with Crippen molar-refractivity contribution in [3.63, 3.8) is 0 Å². The number of likely N-dealkylation sites (tertiary alicyclic amines) is 1. The maximum atomic E-state index is 12.8. The number of piperidine rings is 1. The van der Waals surface area contributed by atoms with Gasteiger partial charge < -0.3 is 10.2 Å². The molecule has 8 nitrogen and oxygen atoms in total. The van der Waals surface area contributed by atoms with Crippen LogP contribution in [0.2, 0.25) is 0 Å². The predicted octanol–water partition coefficient (Wildman–Crippen LogP) is 0.984. The van der Waals surface area contributed by atoms with Crippen molar-refractivity contribution in [2.24, 2.45) is 5.92 Å². The van der Waals surface area contributed by atoms with Crippen molar-refractivity contribution < 1.29 is 9.72 Å². The molecule has 1 saturated heterocycles. The van der Waals surface area contributed by atoms with E-state index in [1.807, 2.05) is 11.9 Å². The van der Waals surface area contributed by atoms with Gasteiger partial charge >= 0.3 is 5.69 Å². The molecule has 8 heteroatoms. The molecule has 1 aliphatic heterocycles. The van der Waals surface area contributed by atoms with Gasteiger partial charge in [0.05, 0.1) is 4.92 Å². The zero-order chi connectivity index (χ0) is 16.3. The van der Waals surface area contributed by atoms with Gasteiger partial charge in [-0.15, -0.1) is 0 Å². The third kappa shape index (κ3) is 3.27. The van der Waals surface area contributed by atoms with E-state index in [0.717, 1.165) is 25.9 Å². The Bertz CT molecular complexity index is 552. The molecule has 0 aliphatic carbocycles. The molecule has 1 aromatic rings. The van der Waals surface area contributed by atoms with Crippen LogP contribution in [-0.4, -0.2) is 52.2 Å². The average Bonchev–Trinajstić information content (AvgIpc) is 2.98.